The lowest BCUT2D eigenvalue weighted by Gasteiger charge is -2.32. The second kappa shape index (κ2) is 5.67. The molecule has 0 aliphatic rings. The Labute approximate surface area is 107 Å². The van der Waals surface area contributed by atoms with E-state index in [2.05, 4.69) is 0 Å². The number of hydrogen-bond acceptors (Lipinski definition) is 2. The van der Waals surface area contributed by atoms with Crippen LogP contribution in [0.2, 0.25) is 0 Å². The van der Waals surface area contributed by atoms with Gasteiger partial charge in [-0.2, -0.15) is 0 Å². The highest BCUT2D eigenvalue weighted by molar-refractivity contribution is 5.84. The van der Waals surface area contributed by atoms with Gasteiger partial charge in [0, 0.05) is 13.0 Å². The van der Waals surface area contributed by atoms with Crippen LogP contribution >= 0.6 is 0 Å². The maximum atomic E-state index is 11.7. The molecule has 1 amide bonds. The Morgan fingerprint density at radius 3 is 2.17 bits per heavy atom. The number of rotatable bonds is 4. The molecule has 1 aromatic rings. The molecule has 0 fully saturated rings. The Morgan fingerprint density at radius 1 is 1.22 bits per heavy atom. The first-order chi connectivity index (χ1) is 8.36. The van der Waals surface area contributed by atoms with Crippen molar-refractivity contribution in [1.82, 2.24) is 4.90 Å². The average Bonchev–Trinajstić information content (AvgIpc) is 2.25. The Morgan fingerprint density at radius 2 is 1.78 bits per heavy atom. The molecule has 0 spiro atoms. The van der Waals surface area contributed by atoms with E-state index in [0.29, 0.717) is 5.56 Å². The zero-order valence-corrected chi connectivity index (χ0v) is 11.2. The summed E-state index contributed by atoms with van der Waals surface area (Å²) in [5.74, 6) is -1.24. The van der Waals surface area contributed by atoms with Gasteiger partial charge in [0.1, 0.15) is 0 Å². The normalized spacial score (nSPS) is 12.3. The van der Waals surface area contributed by atoms with Crippen molar-refractivity contribution in [2.45, 2.75) is 39.8 Å². The number of carbonyl (C=O) groups excluding carboxylic acids is 1. The first kappa shape index (κ1) is 14.2. The van der Waals surface area contributed by atoms with Gasteiger partial charge in [0.15, 0.2) is 6.04 Å². The fourth-order valence-corrected chi connectivity index (χ4v) is 2.14. The lowest BCUT2D eigenvalue weighted by atomic mass is 9.99. The molecule has 0 saturated carbocycles. The van der Waals surface area contributed by atoms with Gasteiger partial charge >= 0.3 is 5.97 Å². The number of aliphatic carboxylic acids is 1. The Balaban J connectivity index is 3.30. The van der Waals surface area contributed by atoms with Crippen molar-refractivity contribution in [1.29, 1.82) is 0 Å². The summed E-state index contributed by atoms with van der Waals surface area (Å²) in [6.45, 7) is 6.88. The van der Waals surface area contributed by atoms with Crippen molar-refractivity contribution < 1.29 is 14.7 Å². The molecule has 4 nitrogen and oxygen atoms in total. The van der Waals surface area contributed by atoms with E-state index in [1.54, 1.807) is 12.1 Å². The zero-order valence-electron chi connectivity index (χ0n) is 11.2. The molecule has 1 unspecified atom stereocenters. The third-order valence-corrected chi connectivity index (χ3v) is 2.92. The predicted molar refractivity (Wildman–Crippen MR) is 69.2 cm³/mol. The van der Waals surface area contributed by atoms with Gasteiger partial charge in [-0.25, -0.2) is 4.79 Å². The predicted octanol–water partition coefficient (Wildman–Crippen LogP) is 2.38. The van der Waals surface area contributed by atoms with Crippen LogP contribution in [0.1, 0.15) is 37.9 Å². The molecule has 0 aliphatic heterocycles. The Bertz CT molecular complexity index is 454. The summed E-state index contributed by atoms with van der Waals surface area (Å²) in [5.41, 5.74) is 1.53. The topological polar surface area (TPSA) is 57.6 Å². The third-order valence-electron chi connectivity index (χ3n) is 2.92. The minimum Gasteiger partial charge on any atom is -0.479 e. The minimum atomic E-state index is -1.01. The number of aryl methyl sites for hydroxylation is 1. The summed E-state index contributed by atoms with van der Waals surface area (Å²) in [5, 5.41) is 9.43. The van der Waals surface area contributed by atoms with Crippen LogP contribution in [0.15, 0.2) is 24.3 Å². The first-order valence-corrected chi connectivity index (χ1v) is 5.93. The molecular weight excluding hydrogens is 230 g/mol. The molecule has 0 aromatic heterocycles. The van der Waals surface area contributed by atoms with Crippen molar-refractivity contribution in [3.8, 4) is 0 Å². The summed E-state index contributed by atoms with van der Waals surface area (Å²) in [6.07, 6.45) is 0. The lowest BCUT2D eigenvalue weighted by Crippen LogP contribution is -2.42. The van der Waals surface area contributed by atoms with Crippen molar-refractivity contribution in [2.24, 2.45) is 0 Å². The molecule has 0 heterocycles. The van der Waals surface area contributed by atoms with Crippen molar-refractivity contribution in [3.05, 3.63) is 35.4 Å². The van der Waals surface area contributed by atoms with Gasteiger partial charge < -0.3 is 10.0 Å². The van der Waals surface area contributed by atoms with Crippen LogP contribution in [-0.2, 0) is 9.59 Å². The Hall–Kier alpha value is -1.84. The van der Waals surface area contributed by atoms with E-state index in [9.17, 15) is 14.7 Å². The van der Waals surface area contributed by atoms with Crippen LogP contribution in [0.5, 0.6) is 0 Å². The van der Waals surface area contributed by atoms with E-state index < -0.39 is 12.0 Å². The van der Waals surface area contributed by atoms with E-state index in [0.717, 1.165) is 5.56 Å². The smallest absolute Gasteiger partial charge is 0.331 e. The molecule has 1 N–H and O–H groups in total. The lowest BCUT2D eigenvalue weighted by molar-refractivity contribution is -0.151. The molecule has 0 aliphatic carbocycles. The third kappa shape index (κ3) is 2.88. The summed E-state index contributed by atoms with van der Waals surface area (Å²) in [4.78, 5) is 24.6. The monoisotopic (exact) mass is 249 g/mol. The molecule has 18 heavy (non-hydrogen) atoms. The van der Waals surface area contributed by atoms with E-state index >= 15 is 0 Å². The molecular formula is C14H19NO3. The van der Waals surface area contributed by atoms with E-state index in [1.807, 2.05) is 32.9 Å². The molecule has 1 atom stereocenters. The summed E-state index contributed by atoms with van der Waals surface area (Å²) >= 11 is 0. The van der Waals surface area contributed by atoms with Crippen LogP contribution in [0.4, 0.5) is 0 Å². The molecule has 0 bridgehead atoms. The second-order valence-electron chi connectivity index (χ2n) is 4.62. The van der Waals surface area contributed by atoms with Gasteiger partial charge in [0.25, 0.3) is 0 Å². The van der Waals surface area contributed by atoms with Gasteiger partial charge in [-0.15, -0.1) is 0 Å². The van der Waals surface area contributed by atoms with Crippen molar-refractivity contribution in [2.75, 3.05) is 0 Å². The SMILES string of the molecule is CC(=O)N(C(C)C)C(C(=O)O)c1ccccc1C. The van der Waals surface area contributed by atoms with Gasteiger partial charge in [-0.05, 0) is 31.9 Å². The van der Waals surface area contributed by atoms with E-state index in [-0.39, 0.29) is 11.9 Å². The highest BCUT2D eigenvalue weighted by Gasteiger charge is 2.32. The number of benzene rings is 1. The highest BCUT2D eigenvalue weighted by Crippen LogP contribution is 2.26. The fourth-order valence-electron chi connectivity index (χ4n) is 2.14. The number of carbonyl (C=O) groups is 2. The standard InChI is InChI=1S/C14H19NO3/c1-9(2)15(11(4)16)13(14(17)18)12-8-6-5-7-10(12)3/h5-9,13H,1-4H3,(H,17,18). The molecule has 1 rings (SSSR count). The fraction of sp³-hybridized carbons (Fsp3) is 0.429. The average molecular weight is 249 g/mol. The van der Waals surface area contributed by atoms with Gasteiger partial charge in [-0.3, -0.25) is 4.79 Å². The molecule has 0 radical (unpaired) electrons. The summed E-state index contributed by atoms with van der Waals surface area (Å²) in [6, 6.07) is 6.16. The number of carboxylic acids is 1. The molecule has 98 valence electrons. The van der Waals surface area contributed by atoms with Crippen molar-refractivity contribution >= 4 is 11.9 Å². The maximum absolute atomic E-state index is 11.7. The van der Waals surface area contributed by atoms with Gasteiger partial charge in [0.2, 0.25) is 5.91 Å². The quantitative estimate of drug-likeness (QED) is 0.891. The second-order valence-corrected chi connectivity index (χ2v) is 4.62. The Kier molecular flexibility index (Phi) is 4.48. The van der Waals surface area contributed by atoms with Crippen LogP contribution in [0, 0.1) is 6.92 Å². The number of carboxylic acid groups (broad SMARTS) is 1. The minimum absolute atomic E-state index is 0.164. The largest absolute Gasteiger partial charge is 0.479 e. The number of amides is 1. The molecule has 4 heteroatoms. The number of nitrogens with zero attached hydrogens (tertiary/aromatic N) is 1. The van der Waals surface area contributed by atoms with E-state index in [1.165, 1.54) is 11.8 Å². The van der Waals surface area contributed by atoms with Crippen LogP contribution < -0.4 is 0 Å². The van der Waals surface area contributed by atoms with Crippen LogP contribution in [-0.4, -0.2) is 27.9 Å². The van der Waals surface area contributed by atoms with Crippen molar-refractivity contribution in [3.63, 3.8) is 0 Å². The summed E-state index contributed by atoms with van der Waals surface area (Å²) in [7, 11) is 0. The van der Waals surface area contributed by atoms with Crippen LogP contribution in [0.25, 0.3) is 0 Å². The summed E-state index contributed by atoms with van der Waals surface area (Å²) < 4.78 is 0. The van der Waals surface area contributed by atoms with E-state index in [4.69, 9.17) is 0 Å². The first-order valence-electron chi connectivity index (χ1n) is 5.93. The highest BCUT2D eigenvalue weighted by atomic mass is 16.4. The zero-order chi connectivity index (χ0) is 13.9. The maximum Gasteiger partial charge on any atom is 0.331 e. The van der Waals surface area contributed by atoms with Gasteiger partial charge in [-0.1, -0.05) is 24.3 Å². The van der Waals surface area contributed by atoms with Gasteiger partial charge in [0.05, 0.1) is 0 Å². The molecule has 0 saturated heterocycles. The van der Waals surface area contributed by atoms with Crippen LogP contribution in [0.3, 0.4) is 0 Å². The number of hydrogen-bond donors (Lipinski definition) is 1. The molecule has 1 aromatic carbocycles.